The second-order valence-corrected chi connectivity index (χ2v) is 5.56. The number of aryl methyl sites for hydroxylation is 1. The van der Waals surface area contributed by atoms with Crippen molar-refractivity contribution in [3.8, 4) is 10.6 Å². The third-order valence-corrected chi connectivity index (χ3v) is 3.88. The van der Waals surface area contributed by atoms with Crippen LogP contribution in [-0.2, 0) is 4.74 Å². The highest BCUT2D eigenvalue weighted by molar-refractivity contribution is 7.15. The molecule has 0 radical (unpaired) electrons. The van der Waals surface area contributed by atoms with Crippen LogP contribution in [0.15, 0.2) is 30.6 Å². The minimum atomic E-state index is -0.394. The van der Waals surface area contributed by atoms with Gasteiger partial charge in [0.25, 0.3) is 0 Å². The summed E-state index contributed by atoms with van der Waals surface area (Å²) in [7, 11) is 0. The van der Waals surface area contributed by atoms with E-state index in [1.165, 1.54) is 11.1 Å². The average molecular weight is 287 g/mol. The van der Waals surface area contributed by atoms with Gasteiger partial charge in [0.15, 0.2) is 5.65 Å². The van der Waals surface area contributed by atoms with Crippen molar-refractivity contribution in [1.29, 1.82) is 0 Å². The molecule has 0 aliphatic rings. The van der Waals surface area contributed by atoms with E-state index in [0.29, 0.717) is 17.8 Å². The van der Waals surface area contributed by atoms with Crippen LogP contribution in [0.1, 0.15) is 22.2 Å². The molecule has 3 aromatic rings. The minimum Gasteiger partial charge on any atom is -0.462 e. The number of carbonyl (C=O) groups excluding carboxylic acids is 1. The molecule has 6 heteroatoms. The molecule has 0 aromatic carbocycles. The number of nitrogens with zero attached hydrogens (tertiary/aromatic N) is 3. The standard InChI is InChI=1S/C14H13N3O2S/c1-3-19-14(18)10-8-15-17-7-6-11(16-13(10)17)12-5-4-9(2)20-12/h4-8H,3H2,1-2H3. The zero-order valence-electron chi connectivity index (χ0n) is 11.2. The molecule has 0 spiro atoms. The van der Waals surface area contributed by atoms with E-state index in [9.17, 15) is 4.79 Å². The molecule has 0 saturated heterocycles. The van der Waals surface area contributed by atoms with Crippen LogP contribution in [0.5, 0.6) is 0 Å². The van der Waals surface area contributed by atoms with E-state index < -0.39 is 5.97 Å². The molecule has 3 aromatic heterocycles. The molecule has 5 nitrogen and oxygen atoms in total. The van der Waals surface area contributed by atoms with Crippen molar-refractivity contribution >= 4 is 23.0 Å². The van der Waals surface area contributed by atoms with Crippen LogP contribution < -0.4 is 0 Å². The van der Waals surface area contributed by atoms with Crippen LogP contribution in [0.25, 0.3) is 16.2 Å². The Balaban J connectivity index is 2.09. The number of esters is 1. The largest absolute Gasteiger partial charge is 0.462 e. The molecule has 0 amide bonds. The Kier molecular flexibility index (Phi) is 3.23. The molecular formula is C14H13N3O2S. The monoisotopic (exact) mass is 287 g/mol. The van der Waals surface area contributed by atoms with Gasteiger partial charge >= 0.3 is 5.97 Å². The Morgan fingerprint density at radius 2 is 2.25 bits per heavy atom. The van der Waals surface area contributed by atoms with Crippen molar-refractivity contribution in [2.45, 2.75) is 13.8 Å². The van der Waals surface area contributed by atoms with Gasteiger partial charge in [-0.25, -0.2) is 14.3 Å². The second kappa shape index (κ2) is 5.05. The Morgan fingerprint density at radius 1 is 1.40 bits per heavy atom. The maximum absolute atomic E-state index is 11.9. The summed E-state index contributed by atoms with van der Waals surface area (Å²) in [5.41, 5.74) is 1.75. The Labute approximate surface area is 119 Å². The Bertz CT molecular complexity index is 776. The molecule has 0 atom stereocenters. The van der Waals surface area contributed by atoms with Crippen LogP contribution in [0, 0.1) is 6.92 Å². The van der Waals surface area contributed by atoms with Crippen LogP contribution >= 0.6 is 11.3 Å². The predicted molar refractivity (Wildman–Crippen MR) is 77.0 cm³/mol. The smallest absolute Gasteiger partial charge is 0.343 e. The Hall–Kier alpha value is -2.21. The highest BCUT2D eigenvalue weighted by atomic mass is 32.1. The van der Waals surface area contributed by atoms with E-state index in [4.69, 9.17) is 4.74 Å². The lowest BCUT2D eigenvalue weighted by Crippen LogP contribution is -2.05. The maximum Gasteiger partial charge on any atom is 0.343 e. The van der Waals surface area contributed by atoms with Gasteiger partial charge in [-0.15, -0.1) is 11.3 Å². The van der Waals surface area contributed by atoms with E-state index >= 15 is 0 Å². The molecule has 0 unspecified atom stereocenters. The molecule has 0 bridgehead atoms. The molecular weight excluding hydrogens is 274 g/mol. The molecule has 20 heavy (non-hydrogen) atoms. The fourth-order valence-corrected chi connectivity index (χ4v) is 2.77. The van der Waals surface area contributed by atoms with Crippen LogP contribution in [0.3, 0.4) is 0 Å². The molecule has 0 aliphatic carbocycles. The quantitative estimate of drug-likeness (QED) is 0.695. The first kappa shape index (κ1) is 12.8. The lowest BCUT2D eigenvalue weighted by atomic mass is 10.3. The van der Waals surface area contributed by atoms with Gasteiger partial charge in [-0.05, 0) is 32.0 Å². The summed E-state index contributed by atoms with van der Waals surface area (Å²) < 4.78 is 6.59. The first-order valence-electron chi connectivity index (χ1n) is 6.27. The van der Waals surface area contributed by atoms with Crippen LogP contribution in [0.2, 0.25) is 0 Å². The SMILES string of the molecule is CCOC(=O)c1cnn2ccc(-c3ccc(C)s3)nc12. The van der Waals surface area contributed by atoms with Gasteiger partial charge in [-0.1, -0.05) is 0 Å². The number of hydrogen-bond acceptors (Lipinski definition) is 5. The van der Waals surface area contributed by atoms with Gasteiger partial charge < -0.3 is 4.74 Å². The minimum absolute atomic E-state index is 0.333. The average Bonchev–Trinajstić information content (AvgIpc) is 3.04. The van der Waals surface area contributed by atoms with E-state index in [1.54, 1.807) is 29.0 Å². The maximum atomic E-state index is 11.9. The number of rotatable bonds is 3. The third kappa shape index (κ3) is 2.18. The topological polar surface area (TPSA) is 56.5 Å². The zero-order valence-corrected chi connectivity index (χ0v) is 12.0. The molecule has 0 saturated carbocycles. The number of hydrogen-bond donors (Lipinski definition) is 0. The molecule has 3 heterocycles. The number of ether oxygens (including phenoxy) is 1. The summed E-state index contributed by atoms with van der Waals surface area (Å²) in [5, 5.41) is 4.12. The lowest BCUT2D eigenvalue weighted by molar-refractivity contribution is 0.0528. The summed E-state index contributed by atoms with van der Waals surface area (Å²) in [6, 6.07) is 5.97. The van der Waals surface area contributed by atoms with Crippen LogP contribution in [0.4, 0.5) is 0 Å². The zero-order chi connectivity index (χ0) is 14.1. The highest BCUT2D eigenvalue weighted by Crippen LogP contribution is 2.26. The molecule has 0 aliphatic heterocycles. The van der Waals surface area contributed by atoms with Gasteiger partial charge in [0.05, 0.1) is 23.4 Å². The van der Waals surface area contributed by atoms with Gasteiger partial charge in [-0.3, -0.25) is 0 Å². The third-order valence-electron chi connectivity index (χ3n) is 2.86. The number of carbonyl (C=O) groups is 1. The van der Waals surface area contributed by atoms with Crippen molar-refractivity contribution in [2.75, 3.05) is 6.61 Å². The number of fused-ring (bicyclic) bond motifs is 1. The molecule has 0 fully saturated rings. The summed E-state index contributed by atoms with van der Waals surface area (Å²) in [6.07, 6.45) is 3.29. The fourth-order valence-electron chi connectivity index (χ4n) is 1.93. The second-order valence-electron chi connectivity index (χ2n) is 4.27. The van der Waals surface area contributed by atoms with Gasteiger partial charge in [-0.2, -0.15) is 5.10 Å². The van der Waals surface area contributed by atoms with Crippen molar-refractivity contribution < 1.29 is 9.53 Å². The number of aromatic nitrogens is 3. The predicted octanol–water partition coefficient (Wildman–Crippen LogP) is 2.94. The van der Waals surface area contributed by atoms with Crippen molar-refractivity contribution in [1.82, 2.24) is 14.6 Å². The van der Waals surface area contributed by atoms with Crippen molar-refractivity contribution in [2.24, 2.45) is 0 Å². The van der Waals surface area contributed by atoms with E-state index in [2.05, 4.69) is 23.1 Å². The van der Waals surface area contributed by atoms with Gasteiger partial charge in [0.2, 0.25) is 0 Å². The summed E-state index contributed by atoms with van der Waals surface area (Å²) in [4.78, 5) is 18.7. The summed E-state index contributed by atoms with van der Waals surface area (Å²) >= 11 is 1.67. The van der Waals surface area contributed by atoms with E-state index in [1.807, 2.05) is 12.1 Å². The van der Waals surface area contributed by atoms with E-state index in [-0.39, 0.29) is 0 Å². The lowest BCUT2D eigenvalue weighted by Gasteiger charge is -2.01. The van der Waals surface area contributed by atoms with Gasteiger partial charge in [0, 0.05) is 11.1 Å². The van der Waals surface area contributed by atoms with Crippen molar-refractivity contribution in [3.63, 3.8) is 0 Å². The van der Waals surface area contributed by atoms with Crippen molar-refractivity contribution in [3.05, 3.63) is 41.0 Å². The normalized spacial score (nSPS) is 10.9. The molecule has 102 valence electrons. The first-order valence-corrected chi connectivity index (χ1v) is 7.09. The highest BCUT2D eigenvalue weighted by Gasteiger charge is 2.16. The van der Waals surface area contributed by atoms with Crippen LogP contribution in [-0.4, -0.2) is 27.2 Å². The molecule has 3 rings (SSSR count). The van der Waals surface area contributed by atoms with Gasteiger partial charge in [0.1, 0.15) is 5.56 Å². The number of thiophene rings is 1. The molecule has 0 N–H and O–H groups in total. The first-order chi connectivity index (χ1) is 9.69. The fraction of sp³-hybridized carbons (Fsp3) is 0.214. The summed E-state index contributed by atoms with van der Waals surface area (Å²) in [5.74, 6) is -0.394. The van der Waals surface area contributed by atoms with E-state index in [0.717, 1.165) is 10.6 Å². The summed E-state index contributed by atoms with van der Waals surface area (Å²) in [6.45, 7) is 4.16. The Morgan fingerprint density at radius 3 is 2.95 bits per heavy atom.